The van der Waals surface area contributed by atoms with Gasteiger partial charge in [-0.15, -0.1) is 0 Å². The topological polar surface area (TPSA) is 38.3 Å². The Balaban J connectivity index is 3.17. The van der Waals surface area contributed by atoms with Crippen LogP contribution in [-0.2, 0) is 0 Å². The summed E-state index contributed by atoms with van der Waals surface area (Å²) < 4.78 is 31.9. The molecule has 0 aliphatic heterocycles. The Morgan fingerprint density at radius 2 is 1.88 bits per heavy atom. The molecule has 0 saturated heterocycles. The maximum absolute atomic E-state index is 13.7. The molecule has 0 fully saturated rings. The highest BCUT2D eigenvalue weighted by Crippen LogP contribution is 2.23. The fourth-order valence-corrected chi connectivity index (χ4v) is 1.30. The third-order valence-corrected chi connectivity index (χ3v) is 1.99. The Morgan fingerprint density at radius 1 is 1.29 bits per heavy atom. The van der Waals surface area contributed by atoms with Gasteiger partial charge in [-0.05, 0) is 32.9 Å². The number of ether oxygens (including phenoxy) is 1. The molecule has 0 aromatic heterocycles. The van der Waals surface area contributed by atoms with Gasteiger partial charge < -0.3 is 10.1 Å². The van der Waals surface area contributed by atoms with E-state index < -0.39 is 28.6 Å². The number of carbonyl (C=O) groups is 1. The first kappa shape index (κ1) is 13.4. The van der Waals surface area contributed by atoms with Crippen LogP contribution < -0.4 is 10.1 Å². The molecule has 0 bridgehead atoms. The lowest BCUT2D eigenvalue weighted by Crippen LogP contribution is -2.41. The summed E-state index contributed by atoms with van der Waals surface area (Å²) >= 11 is 0. The first-order chi connectivity index (χ1) is 7.76. The van der Waals surface area contributed by atoms with Crippen LogP contribution in [0.2, 0.25) is 0 Å². The minimum absolute atomic E-state index is 0.162. The second-order valence-corrected chi connectivity index (χ2v) is 4.64. The minimum atomic E-state index is -0.991. The number of hydrogen-bond donors (Lipinski definition) is 1. The van der Waals surface area contributed by atoms with E-state index in [-0.39, 0.29) is 5.75 Å². The maximum atomic E-state index is 13.7. The van der Waals surface area contributed by atoms with Gasteiger partial charge in [0.2, 0.25) is 0 Å². The van der Waals surface area contributed by atoms with Gasteiger partial charge in [-0.1, -0.05) is 0 Å². The molecule has 94 valence electrons. The van der Waals surface area contributed by atoms with Crippen molar-refractivity contribution in [3.05, 3.63) is 29.3 Å². The SMILES string of the molecule is COc1ccc(F)c(C(=O)NC(C)(C)C)c1F. The van der Waals surface area contributed by atoms with Gasteiger partial charge in [0.15, 0.2) is 11.6 Å². The van der Waals surface area contributed by atoms with Gasteiger partial charge >= 0.3 is 0 Å². The predicted molar refractivity (Wildman–Crippen MR) is 60.1 cm³/mol. The van der Waals surface area contributed by atoms with Gasteiger partial charge in [0.1, 0.15) is 11.4 Å². The van der Waals surface area contributed by atoms with Gasteiger partial charge in [0, 0.05) is 5.54 Å². The van der Waals surface area contributed by atoms with Gasteiger partial charge in [-0.3, -0.25) is 4.79 Å². The third-order valence-electron chi connectivity index (χ3n) is 1.99. The van der Waals surface area contributed by atoms with Gasteiger partial charge in [-0.25, -0.2) is 8.78 Å². The van der Waals surface area contributed by atoms with Crippen molar-refractivity contribution in [3.63, 3.8) is 0 Å². The molecule has 0 radical (unpaired) electrons. The molecule has 3 nitrogen and oxygen atoms in total. The number of halogens is 2. The van der Waals surface area contributed by atoms with Gasteiger partial charge in [0.25, 0.3) is 5.91 Å². The zero-order valence-corrected chi connectivity index (χ0v) is 10.2. The van der Waals surface area contributed by atoms with Crippen LogP contribution in [0.5, 0.6) is 5.75 Å². The summed E-state index contributed by atoms with van der Waals surface area (Å²) in [6, 6.07) is 2.14. The molecule has 0 aliphatic carbocycles. The molecule has 1 amide bonds. The van der Waals surface area contributed by atoms with Crippen molar-refractivity contribution in [3.8, 4) is 5.75 Å². The summed E-state index contributed by atoms with van der Waals surface area (Å²) in [4.78, 5) is 11.7. The number of nitrogens with one attached hydrogen (secondary N) is 1. The van der Waals surface area contributed by atoms with Crippen molar-refractivity contribution in [1.29, 1.82) is 0 Å². The smallest absolute Gasteiger partial charge is 0.257 e. The minimum Gasteiger partial charge on any atom is -0.494 e. The van der Waals surface area contributed by atoms with E-state index in [0.29, 0.717) is 0 Å². The number of benzene rings is 1. The van der Waals surface area contributed by atoms with Crippen LogP contribution in [0.3, 0.4) is 0 Å². The van der Waals surface area contributed by atoms with Crippen LogP contribution >= 0.6 is 0 Å². The van der Waals surface area contributed by atoms with Crippen LogP contribution in [0.25, 0.3) is 0 Å². The fraction of sp³-hybridized carbons (Fsp3) is 0.417. The molecule has 5 heteroatoms. The zero-order chi connectivity index (χ0) is 13.2. The lowest BCUT2D eigenvalue weighted by molar-refractivity contribution is 0.0910. The van der Waals surface area contributed by atoms with Crippen molar-refractivity contribution < 1.29 is 18.3 Å². The molecule has 0 saturated carbocycles. The predicted octanol–water partition coefficient (Wildman–Crippen LogP) is 2.50. The zero-order valence-electron chi connectivity index (χ0n) is 10.2. The number of hydrogen-bond acceptors (Lipinski definition) is 2. The highest BCUT2D eigenvalue weighted by Gasteiger charge is 2.24. The van der Waals surface area contributed by atoms with Crippen molar-refractivity contribution in [2.24, 2.45) is 0 Å². The monoisotopic (exact) mass is 243 g/mol. The van der Waals surface area contributed by atoms with E-state index in [2.05, 4.69) is 5.32 Å². The van der Waals surface area contributed by atoms with Crippen molar-refractivity contribution in [1.82, 2.24) is 5.32 Å². The summed E-state index contributed by atoms with van der Waals surface area (Å²) in [6.07, 6.45) is 0. The van der Waals surface area contributed by atoms with Gasteiger partial charge in [0.05, 0.1) is 7.11 Å². The van der Waals surface area contributed by atoms with E-state index in [1.165, 1.54) is 7.11 Å². The average molecular weight is 243 g/mol. The van der Waals surface area contributed by atoms with Gasteiger partial charge in [-0.2, -0.15) is 0 Å². The van der Waals surface area contributed by atoms with E-state index in [0.717, 1.165) is 12.1 Å². The van der Waals surface area contributed by atoms with E-state index in [4.69, 9.17) is 4.74 Å². The molecular weight excluding hydrogens is 228 g/mol. The van der Waals surface area contributed by atoms with Crippen molar-refractivity contribution >= 4 is 5.91 Å². The van der Waals surface area contributed by atoms with E-state index in [9.17, 15) is 13.6 Å². The molecule has 1 aromatic rings. The van der Waals surface area contributed by atoms with E-state index in [1.54, 1.807) is 20.8 Å². The molecule has 17 heavy (non-hydrogen) atoms. The largest absolute Gasteiger partial charge is 0.494 e. The first-order valence-corrected chi connectivity index (χ1v) is 5.11. The molecule has 0 unspecified atom stereocenters. The second-order valence-electron chi connectivity index (χ2n) is 4.64. The van der Waals surface area contributed by atoms with E-state index >= 15 is 0 Å². The average Bonchev–Trinajstić information content (AvgIpc) is 2.15. The highest BCUT2D eigenvalue weighted by molar-refractivity contribution is 5.95. The Hall–Kier alpha value is -1.65. The molecule has 0 atom stereocenters. The summed E-state index contributed by atoms with van der Waals surface area (Å²) in [5.74, 6) is -2.86. The Morgan fingerprint density at radius 3 is 2.35 bits per heavy atom. The van der Waals surface area contributed by atoms with Crippen LogP contribution in [0.15, 0.2) is 12.1 Å². The molecule has 1 aromatic carbocycles. The van der Waals surface area contributed by atoms with Crippen LogP contribution in [0.4, 0.5) is 8.78 Å². The van der Waals surface area contributed by atoms with E-state index in [1.807, 2.05) is 0 Å². The summed E-state index contributed by atoms with van der Waals surface area (Å²) in [6.45, 7) is 5.17. The molecule has 0 spiro atoms. The Labute approximate surface area is 98.8 Å². The standard InChI is InChI=1S/C12H15F2NO2/c1-12(2,3)15-11(16)9-7(13)5-6-8(17-4)10(9)14/h5-6H,1-4H3,(H,15,16). The number of methoxy groups -OCH3 is 1. The lowest BCUT2D eigenvalue weighted by Gasteiger charge is -2.21. The summed E-state index contributed by atoms with van der Waals surface area (Å²) in [7, 11) is 1.25. The Kier molecular flexibility index (Phi) is 3.70. The molecule has 0 heterocycles. The first-order valence-electron chi connectivity index (χ1n) is 5.11. The summed E-state index contributed by atoms with van der Waals surface area (Å²) in [5.41, 5.74) is -1.20. The molecule has 1 rings (SSSR count). The maximum Gasteiger partial charge on any atom is 0.257 e. The normalized spacial score (nSPS) is 11.2. The van der Waals surface area contributed by atoms with Crippen LogP contribution in [0.1, 0.15) is 31.1 Å². The fourth-order valence-electron chi connectivity index (χ4n) is 1.30. The number of rotatable bonds is 2. The lowest BCUT2D eigenvalue weighted by atomic mass is 10.1. The molecule has 0 aliphatic rings. The number of carbonyl (C=O) groups excluding carboxylic acids is 1. The van der Waals surface area contributed by atoms with Crippen molar-refractivity contribution in [2.45, 2.75) is 26.3 Å². The summed E-state index contributed by atoms with van der Waals surface area (Å²) in [5, 5.41) is 2.49. The Bertz CT molecular complexity index is 439. The third kappa shape index (κ3) is 3.15. The van der Waals surface area contributed by atoms with Crippen molar-refractivity contribution in [2.75, 3.05) is 7.11 Å². The second kappa shape index (κ2) is 4.69. The van der Waals surface area contributed by atoms with Crippen LogP contribution in [-0.4, -0.2) is 18.6 Å². The highest BCUT2D eigenvalue weighted by atomic mass is 19.1. The quantitative estimate of drug-likeness (QED) is 0.866. The van der Waals surface area contributed by atoms with Crippen LogP contribution in [0, 0.1) is 11.6 Å². The molecular formula is C12H15F2NO2. The molecule has 1 N–H and O–H groups in total. The number of amides is 1.